The van der Waals surface area contributed by atoms with Crippen molar-refractivity contribution < 1.29 is 20.1 Å². The fourth-order valence-electron chi connectivity index (χ4n) is 3.31. The lowest BCUT2D eigenvalue weighted by Gasteiger charge is -2.16. The molecule has 0 amide bonds. The number of hydrogen-bond donors (Lipinski definition) is 3. The lowest BCUT2D eigenvalue weighted by Crippen LogP contribution is -2.14. The summed E-state index contributed by atoms with van der Waals surface area (Å²) in [4.78, 5) is 11.8. The summed E-state index contributed by atoms with van der Waals surface area (Å²) in [6.45, 7) is 4.28. The fraction of sp³-hybridized carbons (Fsp3) is 0.762. The number of carboxylic acids is 1. The van der Waals surface area contributed by atoms with Crippen molar-refractivity contribution in [2.24, 2.45) is 5.92 Å². The van der Waals surface area contributed by atoms with Gasteiger partial charge in [0.05, 0.1) is 12.2 Å². The van der Waals surface area contributed by atoms with Gasteiger partial charge in [-0.25, -0.2) is 0 Å². The number of carboxylic acid groups (broad SMARTS) is 1. The molecule has 1 aliphatic carbocycles. The van der Waals surface area contributed by atoms with Crippen molar-refractivity contribution in [1.29, 1.82) is 0 Å². The Morgan fingerprint density at radius 2 is 2.00 bits per heavy atom. The summed E-state index contributed by atoms with van der Waals surface area (Å²) in [6.07, 6.45) is 11.7. The maximum Gasteiger partial charge on any atom is 0.303 e. The predicted molar refractivity (Wildman–Crippen MR) is 109 cm³/mol. The van der Waals surface area contributed by atoms with E-state index in [-0.39, 0.29) is 12.3 Å². The summed E-state index contributed by atoms with van der Waals surface area (Å²) < 4.78 is 0. The highest BCUT2D eigenvalue weighted by Gasteiger charge is 2.31. The van der Waals surface area contributed by atoms with Crippen LogP contribution in [-0.4, -0.2) is 39.2 Å². The molecule has 0 saturated carbocycles. The number of aliphatic hydroxyl groups is 2. The largest absolute Gasteiger partial charge is 0.481 e. The van der Waals surface area contributed by atoms with Crippen LogP contribution in [0.25, 0.3) is 0 Å². The molecule has 0 unspecified atom stereocenters. The summed E-state index contributed by atoms with van der Waals surface area (Å²) in [6, 6.07) is 0. The standard InChI is InChI=1S/C21H36O4S/c1-3-5-7-10-17(22)12-13-18-19(23)15-16(4-2)21(18)26-14-9-6-8-11-20(24)25/h12-13,17-19,22-23H,3-11,14-15H2,1-2H3,(H,24,25)/b13-12+/t17-,18-,19+/m0/s1. The van der Waals surface area contributed by atoms with Gasteiger partial charge in [0, 0.05) is 12.3 Å². The van der Waals surface area contributed by atoms with Crippen LogP contribution in [0.3, 0.4) is 0 Å². The molecule has 0 aromatic rings. The van der Waals surface area contributed by atoms with Crippen molar-refractivity contribution in [2.45, 2.75) is 90.3 Å². The zero-order valence-corrected chi connectivity index (χ0v) is 17.1. The van der Waals surface area contributed by atoms with E-state index in [1.807, 2.05) is 12.2 Å². The molecular formula is C21H36O4S. The summed E-state index contributed by atoms with van der Waals surface area (Å²) in [5.41, 5.74) is 1.32. The Kier molecular flexibility index (Phi) is 12.0. The molecule has 0 aromatic carbocycles. The highest BCUT2D eigenvalue weighted by molar-refractivity contribution is 8.03. The average Bonchev–Trinajstić information content (AvgIpc) is 2.91. The van der Waals surface area contributed by atoms with Crippen molar-refractivity contribution in [3.05, 3.63) is 22.6 Å². The minimum atomic E-state index is -0.727. The van der Waals surface area contributed by atoms with Gasteiger partial charge in [-0.15, -0.1) is 11.8 Å². The van der Waals surface area contributed by atoms with Gasteiger partial charge in [0.1, 0.15) is 0 Å². The first-order valence-corrected chi connectivity index (χ1v) is 11.1. The van der Waals surface area contributed by atoms with Gasteiger partial charge in [-0.2, -0.15) is 0 Å². The van der Waals surface area contributed by atoms with Crippen molar-refractivity contribution in [3.8, 4) is 0 Å². The molecule has 0 saturated heterocycles. The highest BCUT2D eigenvalue weighted by Crippen LogP contribution is 2.42. The lowest BCUT2D eigenvalue weighted by molar-refractivity contribution is -0.137. The fourth-order valence-corrected chi connectivity index (χ4v) is 4.74. The van der Waals surface area contributed by atoms with E-state index in [4.69, 9.17) is 5.11 Å². The molecule has 1 rings (SSSR count). The molecule has 4 nitrogen and oxygen atoms in total. The van der Waals surface area contributed by atoms with Crippen LogP contribution in [0.1, 0.15) is 78.1 Å². The number of thioether (sulfide) groups is 1. The number of rotatable bonds is 14. The third-order valence-electron chi connectivity index (χ3n) is 4.88. The minimum absolute atomic E-state index is 0.00482. The molecule has 0 fully saturated rings. The van der Waals surface area contributed by atoms with Gasteiger partial charge in [0.15, 0.2) is 0 Å². The Labute approximate surface area is 162 Å². The molecule has 0 heterocycles. The van der Waals surface area contributed by atoms with Crippen LogP contribution >= 0.6 is 11.8 Å². The lowest BCUT2D eigenvalue weighted by atomic mass is 10.0. The number of carbonyl (C=O) groups is 1. The Bertz CT molecular complexity index is 473. The second kappa shape index (κ2) is 13.4. The Hall–Kier alpha value is -0.780. The SMILES string of the molecule is CCCCC[C@H](O)/C=C/[C@@H]1C(SCCCCCC(=O)O)=C(CC)C[C@H]1O. The molecule has 0 radical (unpaired) electrons. The number of hydrogen-bond acceptors (Lipinski definition) is 4. The van der Waals surface area contributed by atoms with Crippen LogP contribution in [-0.2, 0) is 4.79 Å². The summed E-state index contributed by atoms with van der Waals surface area (Å²) in [7, 11) is 0. The molecule has 0 aromatic heterocycles. The third-order valence-corrected chi connectivity index (χ3v) is 6.25. The molecule has 0 aliphatic heterocycles. The molecule has 1 aliphatic rings. The van der Waals surface area contributed by atoms with Crippen LogP contribution in [0.2, 0.25) is 0 Å². The van der Waals surface area contributed by atoms with Crippen LogP contribution in [0.5, 0.6) is 0 Å². The summed E-state index contributed by atoms with van der Waals surface area (Å²) in [5.74, 6) is 0.221. The first-order valence-electron chi connectivity index (χ1n) is 10.1. The van der Waals surface area contributed by atoms with Crippen molar-refractivity contribution in [2.75, 3.05) is 5.75 Å². The van der Waals surface area contributed by atoms with E-state index in [2.05, 4.69) is 13.8 Å². The van der Waals surface area contributed by atoms with Crippen molar-refractivity contribution >= 4 is 17.7 Å². The average molecular weight is 385 g/mol. The highest BCUT2D eigenvalue weighted by atomic mass is 32.2. The van der Waals surface area contributed by atoms with Gasteiger partial charge in [-0.1, -0.05) is 57.3 Å². The van der Waals surface area contributed by atoms with E-state index >= 15 is 0 Å². The van der Waals surface area contributed by atoms with E-state index < -0.39 is 18.2 Å². The van der Waals surface area contributed by atoms with Gasteiger partial charge in [0.2, 0.25) is 0 Å². The van der Waals surface area contributed by atoms with Gasteiger partial charge in [-0.05, 0) is 42.8 Å². The molecule has 3 N–H and O–H groups in total. The van der Waals surface area contributed by atoms with E-state index in [0.29, 0.717) is 0 Å². The zero-order chi connectivity index (χ0) is 19.4. The third kappa shape index (κ3) is 8.74. The van der Waals surface area contributed by atoms with Crippen molar-refractivity contribution in [1.82, 2.24) is 0 Å². The smallest absolute Gasteiger partial charge is 0.303 e. The number of unbranched alkanes of at least 4 members (excludes halogenated alkanes) is 4. The van der Waals surface area contributed by atoms with Crippen LogP contribution < -0.4 is 0 Å². The topological polar surface area (TPSA) is 77.8 Å². The molecule has 0 spiro atoms. The van der Waals surface area contributed by atoms with Crippen LogP contribution in [0.4, 0.5) is 0 Å². The Morgan fingerprint density at radius 1 is 1.23 bits per heavy atom. The van der Waals surface area contributed by atoms with E-state index in [1.165, 1.54) is 10.5 Å². The number of aliphatic hydroxyl groups excluding tert-OH is 2. The predicted octanol–water partition coefficient (Wildman–Crippen LogP) is 4.91. The van der Waals surface area contributed by atoms with E-state index in [9.17, 15) is 15.0 Å². The Balaban J connectivity index is 2.51. The van der Waals surface area contributed by atoms with E-state index in [1.54, 1.807) is 11.8 Å². The molecule has 5 heteroatoms. The van der Waals surface area contributed by atoms with Crippen molar-refractivity contribution in [3.63, 3.8) is 0 Å². The van der Waals surface area contributed by atoms with Gasteiger partial charge < -0.3 is 15.3 Å². The zero-order valence-electron chi connectivity index (χ0n) is 16.3. The van der Waals surface area contributed by atoms with Gasteiger partial charge in [-0.3, -0.25) is 4.79 Å². The monoisotopic (exact) mass is 384 g/mol. The molecular weight excluding hydrogens is 348 g/mol. The molecule has 150 valence electrons. The summed E-state index contributed by atoms with van der Waals surface area (Å²) >= 11 is 1.80. The second-order valence-electron chi connectivity index (χ2n) is 7.12. The van der Waals surface area contributed by atoms with Crippen LogP contribution in [0.15, 0.2) is 22.6 Å². The quantitative estimate of drug-likeness (QED) is 0.293. The molecule has 0 bridgehead atoms. The number of aliphatic carboxylic acids is 1. The second-order valence-corrected chi connectivity index (χ2v) is 8.26. The Morgan fingerprint density at radius 3 is 2.65 bits per heavy atom. The van der Waals surface area contributed by atoms with E-state index in [0.717, 1.165) is 63.5 Å². The normalized spacial score (nSPS) is 21.7. The molecule has 3 atom stereocenters. The van der Waals surface area contributed by atoms with Gasteiger partial charge >= 0.3 is 5.97 Å². The maximum atomic E-state index is 10.5. The molecule has 26 heavy (non-hydrogen) atoms. The minimum Gasteiger partial charge on any atom is -0.481 e. The van der Waals surface area contributed by atoms with Crippen LogP contribution in [0, 0.1) is 5.92 Å². The van der Waals surface area contributed by atoms with Gasteiger partial charge in [0.25, 0.3) is 0 Å². The first kappa shape index (κ1) is 23.3. The summed E-state index contributed by atoms with van der Waals surface area (Å²) in [5, 5.41) is 29.2. The first-order chi connectivity index (χ1) is 12.5. The maximum absolute atomic E-state index is 10.5.